The van der Waals surface area contributed by atoms with E-state index in [-0.39, 0.29) is 12.1 Å². The number of aliphatic hydroxyl groups is 1. The molecule has 0 saturated carbocycles. The first-order valence-corrected chi connectivity index (χ1v) is 13.7. The Morgan fingerprint density at radius 1 is 1.08 bits per heavy atom. The summed E-state index contributed by atoms with van der Waals surface area (Å²) >= 11 is 12.7. The molecule has 1 aliphatic heterocycles. The van der Waals surface area contributed by atoms with E-state index in [0.29, 0.717) is 28.6 Å². The highest BCUT2D eigenvalue weighted by molar-refractivity contribution is 6.34. The second-order valence-corrected chi connectivity index (χ2v) is 11.7. The maximum Gasteiger partial charge on any atom is 0.335 e. The first-order chi connectivity index (χ1) is 18.0. The maximum atomic E-state index is 11.4. The molecule has 7 heteroatoms. The summed E-state index contributed by atoms with van der Waals surface area (Å²) in [6, 6.07) is 21.0. The van der Waals surface area contributed by atoms with E-state index in [0.717, 1.165) is 41.6 Å². The molecule has 0 bridgehead atoms. The molecule has 1 aliphatic rings. The first-order valence-electron chi connectivity index (χ1n) is 13.0. The van der Waals surface area contributed by atoms with Crippen LogP contribution in [0, 0.1) is 6.92 Å². The van der Waals surface area contributed by atoms with Crippen molar-refractivity contribution < 1.29 is 19.7 Å². The Kier molecular flexibility index (Phi) is 9.17. The zero-order valence-electron chi connectivity index (χ0n) is 22.0. The highest BCUT2D eigenvalue weighted by Crippen LogP contribution is 2.40. The smallest absolute Gasteiger partial charge is 0.335 e. The van der Waals surface area contributed by atoms with Gasteiger partial charge in [-0.05, 0) is 92.7 Å². The van der Waals surface area contributed by atoms with Gasteiger partial charge in [0.15, 0.2) is 0 Å². The molecule has 0 radical (unpaired) electrons. The largest absolute Gasteiger partial charge is 0.478 e. The van der Waals surface area contributed by atoms with Crippen LogP contribution in [0.3, 0.4) is 0 Å². The Morgan fingerprint density at radius 3 is 2.37 bits per heavy atom. The van der Waals surface area contributed by atoms with Gasteiger partial charge in [0, 0.05) is 23.0 Å². The molecule has 38 heavy (non-hydrogen) atoms. The van der Waals surface area contributed by atoms with Crippen LogP contribution in [0.15, 0.2) is 66.7 Å². The summed E-state index contributed by atoms with van der Waals surface area (Å²) in [4.78, 5) is 13.8. The van der Waals surface area contributed by atoms with Gasteiger partial charge >= 0.3 is 5.97 Å². The average Bonchev–Trinajstić information content (AvgIpc) is 2.84. The van der Waals surface area contributed by atoms with Crippen molar-refractivity contribution in [2.45, 2.75) is 70.4 Å². The van der Waals surface area contributed by atoms with Crippen molar-refractivity contribution >= 4 is 29.2 Å². The molecular weight excluding hydrogens is 521 g/mol. The molecule has 3 atom stereocenters. The number of carboxylic acids is 1. The van der Waals surface area contributed by atoms with Crippen molar-refractivity contribution in [2.75, 3.05) is 6.54 Å². The SMILES string of the molecule is Cc1cc(C(=O)O)ccc1CN1CCC[C@H](O[C@@H](CC(C)(C)O)c2cc(Cl)cc(Cl)c2)[C@@H]1c1ccccc1. The van der Waals surface area contributed by atoms with Crippen molar-refractivity contribution in [3.8, 4) is 0 Å². The molecule has 1 fully saturated rings. The summed E-state index contributed by atoms with van der Waals surface area (Å²) in [5.74, 6) is -0.924. The van der Waals surface area contributed by atoms with E-state index in [9.17, 15) is 15.0 Å². The summed E-state index contributed by atoms with van der Waals surface area (Å²) in [6.45, 7) is 7.07. The summed E-state index contributed by atoms with van der Waals surface area (Å²) in [7, 11) is 0. The fourth-order valence-electron chi connectivity index (χ4n) is 5.32. The molecule has 0 amide bonds. The minimum atomic E-state index is -0.959. The number of ether oxygens (including phenoxy) is 1. The summed E-state index contributed by atoms with van der Waals surface area (Å²) in [6.07, 6.45) is 1.65. The van der Waals surface area contributed by atoms with Crippen molar-refractivity contribution in [1.29, 1.82) is 0 Å². The number of hydrogen-bond acceptors (Lipinski definition) is 4. The molecule has 3 aromatic rings. The number of nitrogens with zero attached hydrogens (tertiary/aromatic N) is 1. The normalized spacial score (nSPS) is 19.3. The highest BCUT2D eigenvalue weighted by atomic mass is 35.5. The maximum absolute atomic E-state index is 11.4. The van der Waals surface area contributed by atoms with E-state index in [1.807, 2.05) is 43.3 Å². The van der Waals surface area contributed by atoms with Gasteiger partial charge in [-0.3, -0.25) is 4.90 Å². The van der Waals surface area contributed by atoms with Gasteiger partial charge in [-0.1, -0.05) is 59.6 Å². The molecule has 1 heterocycles. The molecule has 5 nitrogen and oxygen atoms in total. The number of hydrogen-bond donors (Lipinski definition) is 2. The van der Waals surface area contributed by atoms with E-state index in [4.69, 9.17) is 27.9 Å². The van der Waals surface area contributed by atoms with Crippen LogP contribution in [0.25, 0.3) is 0 Å². The predicted octanol–water partition coefficient (Wildman–Crippen LogP) is 7.62. The van der Waals surface area contributed by atoms with E-state index in [1.165, 1.54) is 0 Å². The monoisotopic (exact) mass is 555 g/mol. The molecule has 202 valence electrons. The van der Waals surface area contributed by atoms with E-state index in [1.54, 1.807) is 32.0 Å². The zero-order valence-corrected chi connectivity index (χ0v) is 23.5. The molecular formula is C31H35Cl2NO4. The number of benzene rings is 3. The number of aryl methyl sites for hydroxylation is 1. The van der Waals surface area contributed by atoms with Gasteiger partial charge < -0.3 is 14.9 Å². The quantitative estimate of drug-likeness (QED) is 0.284. The van der Waals surface area contributed by atoms with Crippen molar-refractivity contribution in [3.63, 3.8) is 0 Å². The number of carboxylic acid groups (broad SMARTS) is 1. The third-order valence-corrected chi connectivity index (χ3v) is 7.50. The number of rotatable bonds is 9. The van der Waals surface area contributed by atoms with Crippen LogP contribution in [-0.2, 0) is 11.3 Å². The summed E-state index contributed by atoms with van der Waals surface area (Å²) < 4.78 is 6.88. The van der Waals surface area contributed by atoms with Crippen LogP contribution in [0.4, 0.5) is 0 Å². The Bertz CT molecular complexity index is 1240. The number of piperidine rings is 1. The van der Waals surface area contributed by atoms with Crippen LogP contribution >= 0.6 is 23.2 Å². The predicted molar refractivity (Wildman–Crippen MR) is 152 cm³/mol. The first kappa shape index (κ1) is 28.6. The standard InChI is InChI=1S/C31H35Cl2NO4/c1-20-14-22(30(35)36)11-12-23(20)19-34-13-7-10-27(29(34)21-8-5-4-6-9-21)38-28(18-31(2,3)37)24-15-25(32)17-26(33)16-24/h4-6,8-9,11-12,14-17,27-29,37H,7,10,13,18-19H2,1-3H3,(H,35,36)/t27-,28-,29-/m0/s1. The van der Waals surface area contributed by atoms with Crippen molar-refractivity contribution in [3.05, 3.63) is 105 Å². The lowest BCUT2D eigenvalue weighted by atomic mass is 9.90. The molecule has 3 aromatic carbocycles. The molecule has 4 rings (SSSR count). The van der Waals surface area contributed by atoms with Gasteiger partial charge in [0.2, 0.25) is 0 Å². The van der Waals surface area contributed by atoms with Gasteiger partial charge in [0.05, 0.1) is 29.4 Å². The molecule has 1 saturated heterocycles. The van der Waals surface area contributed by atoms with Crippen molar-refractivity contribution in [2.24, 2.45) is 0 Å². The average molecular weight is 557 g/mol. The van der Waals surface area contributed by atoms with E-state index in [2.05, 4.69) is 17.0 Å². The highest BCUT2D eigenvalue weighted by Gasteiger charge is 2.36. The van der Waals surface area contributed by atoms with Gasteiger partial charge in [-0.2, -0.15) is 0 Å². The lowest BCUT2D eigenvalue weighted by Crippen LogP contribution is -2.43. The fraction of sp³-hybridized carbons (Fsp3) is 0.387. The topological polar surface area (TPSA) is 70.0 Å². The number of likely N-dealkylation sites (tertiary alicyclic amines) is 1. The van der Waals surface area contributed by atoms with Gasteiger partial charge in [-0.25, -0.2) is 4.79 Å². The molecule has 0 spiro atoms. The van der Waals surface area contributed by atoms with E-state index >= 15 is 0 Å². The van der Waals surface area contributed by atoms with Crippen LogP contribution in [0.5, 0.6) is 0 Å². The summed E-state index contributed by atoms with van der Waals surface area (Å²) in [5.41, 5.74) is 3.37. The molecule has 0 aromatic heterocycles. The zero-order chi connectivity index (χ0) is 27.4. The van der Waals surface area contributed by atoms with Gasteiger partial charge in [-0.15, -0.1) is 0 Å². The number of aromatic carboxylic acids is 1. The Morgan fingerprint density at radius 2 is 1.76 bits per heavy atom. The lowest BCUT2D eigenvalue weighted by molar-refractivity contribution is -0.107. The Hall–Kier alpha value is -2.41. The van der Waals surface area contributed by atoms with Crippen LogP contribution in [-0.4, -0.2) is 39.3 Å². The number of halogens is 2. The molecule has 0 unspecified atom stereocenters. The van der Waals surface area contributed by atoms with Gasteiger partial charge in [0.25, 0.3) is 0 Å². The minimum Gasteiger partial charge on any atom is -0.478 e. The number of carbonyl (C=O) groups is 1. The second kappa shape index (κ2) is 12.2. The third kappa shape index (κ3) is 7.37. The van der Waals surface area contributed by atoms with E-state index < -0.39 is 17.7 Å². The van der Waals surface area contributed by atoms with Gasteiger partial charge in [0.1, 0.15) is 0 Å². The minimum absolute atomic E-state index is 0.0255. The fourth-order valence-corrected chi connectivity index (χ4v) is 5.86. The van der Waals surface area contributed by atoms with Crippen LogP contribution in [0.1, 0.15) is 77.9 Å². The molecule has 0 aliphatic carbocycles. The Balaban J connectivity index is 1.68. The molecule has 2 N–H and O–H groups in total. The third-order valence-electron chi connectivity index (χ3n) is 7.06. The second-order valence-electron chi connectivity index (χ2n) is 10.8. The van der Waals surface area contributed by atoms with Crippen molar-refractivity contribution in [1.82, 2.24) is 4.90 Å². The summed E-state index contributed by atoms with van der Waals surface area (Å²) in [5, 5.41) is 21.2. The van der Waals surface area contributed by atoms with Crippen LogP contribution in [0.2, 0.25) is 10.0 Å². The Labute approximate surface area is 235 Å². The van der Waals surface area contributed by atoms with Crippen LogP contribution < -0.4 is 0 Å². The lowest BCUT2D eigenvalue weighted by Gasteiger charge is -2.43.